The predicted octanol–water partition coefficient (Wildman–Crippen LogP) is 2.98. The van der Waals surface area contributed by atoms with Gasteiger partial charge in [0, 0.05) is 18.4 Å². The van der Waals surface area contributed by atoms with E-state index in [1.807, 2.05) is 36.4 Å². The van der Waals surface area contributed by atoms with Crippen LogP contribution >= 0.6 is 0 Å². The molecule has 4 fully saturated rings. The molecule has 10 nitrogen and oxygen atoms in total. The lowest BCUT2D eigenvalue weighted by atomic mass is 9.42. The van der Waals surface area contributed by atoms with E-state index in [9.17, 15) is 35.1 Å². The van der Waals surface area contributed by atoms with Crippen LogP contribution in [0.1, 0.15) is 84.6 Å². The summed E-state index contributed by atoms with van der Waals surface area (Å²) in [7, 11) is 0. The quantitative estimate of drug-likeness (QED) is 0.178. The van der Waals surface area contributed by atoms with E-state index >= 15 is 0 Å². The van der Waals surface area contributed by atoms with Crippen molar-refractivity contribution in [2.24, 2.45) is 16.7 Å². The molecule has 0 amide bonds. The fourth-order valence-corrected chi connectivity index (χ4v) is 9.71. The molecule has 6 rings (SSSR count). The van der Waals surface area contributed by atoms with Crippen LogP contribution < -0.4 is 0 Å². The highest BCUT2D eigenvalue weighted by Crippen LogP contribution is 2.71. The number of ketones is 1. The maximum atomic E-state index is 13.3. The summed E-state index contributed by atoms with van der Waals surface area (Å²) in [6.45, 7) is 6.62. The molecule has 1 aromatic rings. The number of rotatable bonds is 6. The number of benzene rings is 1. The van der Waals surface area contributed by atoms with Gasteiger partial charge in [-0.15, -0.1) is 0 Å². The summed E-state index contributed by atoms with van der Waals surface area (Å²) in [4.78, 5) is 26.4. The van der Waals surface area contributed by atoms with Crippen molar-refractivity contribution in [3.05, 3.63) is 53.6 Å². The van der Waals surface area contributed by atoms with Crippen LogP contribution in [0.15, 0.2) is 48.1 Å². The number of ether oxygens (including phenoxy) is 3. The van der Waals surface area contributed by atoms with Gasteiger partial charge in [-0.3, -0.25) is 4.79 Å². The summed E-state index contributed by atoms with van der Waals surface area (Å²) in [6.07, 6.45) is 2.56. The molecule has 252 valence electrons. The lowest BCUT2D eigenvalue weighted by Crippen LogP contribution is -2.78. The highest BCUT2D eigenvalue weighted by Gasteiger charge is 2.81. The van der Waals surface area contributed by atoms with Crippen LogP contribution in [0.25, 0.3) is 6.08 Å². The number of esters is 1. The van der Waals surface area contributed by atoms with Crippen LogP contribution in [0, 0.1) is 16.7 Å². The SMILES string of the molecule is CC(=O)[C@]1(O)CC[C@@]2(O)[C@]1(C)[C@H](OC(=O)C=Cc1ccccc1)C[C@@H]1[C@@]3(C)CC[C@H](O[C@H]4C[C@H](O)[C@H](O)[C@@H](C)O4)CC3=CC[C@]12O. The molecule has 3 saturated carbocycles. The van der Waals surface area contributed by atoms with Gasteiger partial charge in [0.15, 0.2) is 12.1 Å². The highest BCUT2D eigenvalue weighted by atomic mass is 16.7. The molecule has 46 heavy (non-hydrogen) atoms. The Kier molecular flexibility index (Phi) is 8.45. The summed E-state index contributed by atoms with van der Waals surface area (Å²) in [5.41, 5.74) is -6.05. The predicted molar refractivity (Wildman–Crippen MR) is 167 cm³/mol. The third kappa shape index (κ3) is 4.86. The van der Waals surface area contributed by atoms with E-state index < -0.39 is 76.0 Å². The summed E-state index contributed by atoms with van der Waals surface area (Å²) < 4.78 is 18.2. The second-order valence-electron chi connectivity index (χ2n) is 14.8. The topological polar surface area (TPSA) is 163 Å². The molecule has 10 heteroatoms. The lowest BCUT2D eigenvalue weighted by molar-refractivity contribution is -0.315. The number of carbonyl (C=O) groups is 2. The van der Waals surface area contributed by atoms with E-state index in [2.05, 4.69) is 6.92 Å². The number of aliphatic hydroxyl groups excluding tert-OH is 2. The fraction of sp³-hybridized carbons (Fsp3) is 0.667. The molecular weight excluding hydrogens is 592 g/mol. The van der Waals surface area contributed by atoms with E-state index in [1.54, 1.807) is 19.9 Å². The van der Waals surface area contributed by atoms with Crippen LogP contribution in [0.2, 0.25) is 0 Å². The molecule has 0 spiro atoms. The monoisotopic (exact) mass is 640 g/mol. The number of carbonyl (C=O) groups excluding carboxylic acids is 2. The van der Waals surface area contributed by atoms with Crippen LogP contribution in [0.3, 0.4) is 0 Å². The number of aliphatic hydroxyl groups is 5. The van der Waals surface area contributed by atoms with Crippen molar-refractivity contribution in [1.82, 2.24) is 0 Å². The smallest absolute Gasteiger partial charge is 0.331 e. The van der Waals surface area contributed by atoms with Gasteiger partial charge in [-0.1, -0.05) is 48.9 Å². The van der Waals surface area contributed by atoms with Gasteiger partial charge in [0.2, 0.25) is 0 Å². The standard InChI is InChI=1S/C36H48O10/c1-21-31(40)26(38)19-30(44-21)45-25-13-14-32(3)24(18-25)12-15-35(42)27(32)20-28(46-29(39)11-10-23-8-6-5-7-9-23)33(4)34(41,22(2)37)16-17-36(33,35)43/h5-12,21,25-28,30-31,38,40-43H,13-20H2,1-4H3/t21-,25+,26+,27-,28-,30+,31-,32+,33-,34-,35+,36-/m1/s1. The minimum Gasteiger partial charge on any atom is -0.458 e. The van der Waals surface area contributed by atoms with Crippen LogP contribution in [-0.2, 0) is 23.8 Å². The van der Waals surface area contributed by atoms with Gasteiger partial charge in [-0.05, 0) is 82.8 Å². The molecule has 1 aliphatic heterocycles. The molecular formula is C36H48O10. The molecule has 0 radical (unpaired) electrons. The lowest BCUT2D eigenvalue weighted by Gasteiger charge is -2.67. The van der Waals surface area contributed by atoms with E-state index in [1.165, 1.54) is 13.0 Å². The summed E-state index contributed by atoms with van der Waals surface area (Å²) in [5.74, 6) is -1.75. The van der Waals surface area contributed by atoms with Gasteiger partial charge in [0.1, 0.15) is 29.0 Å². The van der Waals surface area contributed by atoms with Crippen LogP contribution in [0.4, 0.5) is 0 Å². The van der Waals surface area contributed by atoms with Gasteiger partial charge >= 0.3 is 5.97 Å². The molecule has 12 atom stereocenters. The van der Waals surface area contributed by atoms with Gasteiger partial charge in [0.25, 0.3) is 0 Å². The number of hydrogen-bond donors (Lipinski definition) is 5. The minimum absolute atomic E-state index is 0.0309. The first kappa shape index (κ1) is 33.5. The molecule has 4 aliphatic carbocycles. The minimum atomic E-state index is -2.01. The second kappa shape index (κ2) is 11.6. The van der Waals surface area contributed by atoms with Crippen molar-refractivity contribution >= 4 is 17.8 Å². The second-order valence-corrected chi connectivity index (χ2v) is 14.8. The van der Waals surface area contributed by atoms with E-state index in [0.717, 1.165) is 11.1 Å². The Morgan fingerprint density at radius 1 is 1.02 bits per heavy atom. The Labute approximate surface area is 270 Å². The molecule has 0 aromatic heterocycles. The van der Waals surface area contributed by atoms with Crippen LogP contribution in [-0.4, -0.2) is 90.9 Å². The van der Waals surface area contributed by atoms with Crippen molar-refractivity contribution in [2.45, 2.75) is 133 Å². The van der Waals surface area contributed by atoms with Crippen molar-refractivity contribution in [1.29, 1.82) is 0 Å². The number of hydrogen-bond acceptors (Lipinski definition) is 10. The molecule has 1 saturated heterocycles. The molecule has 1 aromatic carbocycles. The Morgan fingerprint density at radius 3 is 2.41 bits per heavy atom. The maximum absolute atomic E-state index is 13.3. The zero-order valence-corrected chi connectivity index (χ0v) is 27.1. The zero-order chi connectivity index (χ0) is 33.3. The van der Waals surface area contributed by atoms with Crippen molar-refractivity contribution in [3.8, 4) is 0 Å². The number of fused-ring (bicyclic) bond motifs is 5. The molecule has 5 N–H and O–H groups in total. The van der Waals surface area contributed by atoms with Gasteiger partial charge in [-0.25, -0.2) is 4.79 Å². The summed E-state index contributed by atoms with van der Waals surface area (Å²) in [5, 5.41) is 57.5. The summed E-state index contributed by atoms with van der Waals surface area (Å²) in [6, 6.07) is 9.27. The first-order valence-electron chi connectivity index (χ1n) is 16.6. The van der Waals surface area contributed by atoms with E-state index in [0.29, 0.717) is 19.3 Å². The van der Waals surface area contributed by atoms with Crippen molar-refractivity contribution in [3.63, 3.8) is 0 Å². The van der Waals surface area contributed by atoms with E-state index in [-0.39, 0.29) is 38.2 Å². The number of Topliss-reactive ketones (excluding diaryl/α,β-unsaturated/α-hetero) is 1. The maximum Gasteiger partial charge on any atom is 0.331 e. The molecule has 0 bridgehead atoms. The zero-order valence-electron chi connectivity index (χ0n) is 27.1. The Hall–Kier alpha value is -2.44. The average Bonchev–Trinajstić information content (AvgIpc) is 3.25. The third-order valence-electron chi connectivity index (χ3n) is 12.6. The molecule has 5 aliphatic rings. The Balaban J connectivity index is 1.30. The first-order valence-corrected chi connectivity index (χ1v) is 16.6. The summed E-state index contributed by atoms with van der Waals surface area (Å²) >= 11 is 0. The molecule has 1 heterocycles. The Bertz CT molecular complexity index is 1400. The Morgan fingerprint density at radius 2 is 1.74 bits per heavy atom. The van der Waals surface area contributed by atoms with Crippen molar-refractivity contribution in [2.75, 3.05) is 0 Å². The largest absolute Gasteiger partial charge is 0.458 e. The first-order chi connectivity index (χ1) is 21.6. The van der Waals surface area contributed by atoms with Crippen LogP contribution in [0.5, 0.6) is 0 Å². The molecule has 0 unspecified atom stereocenters. The van der Waals surface area contributed by atoms with Crippen molar-refractivity contribution < 1.29 is 49.3 Å². The van der Waals surface area contributed by atoms with Gasteiger partial charge in [-0.2, -0.15) is 0 Å². The normalized spacial score (nSPS) is 47.0. The highest BCUT2D eigenvalue weighted by molar-refractivity contribution is 5.88. The van der Waals surface area contributed by atoms with Gasteiger partial charge < -0.3 is 39.7 Å². The van der Waals surface area contributed by atoms with E-state index in [4.69, 9.17) is 14.2 Å². The fourth-order valence-electron chi connectivity index (χ4n) is 9.71. The van der Waals surface area contributed by atoms with Gasteiger partial charge in [0.05, 0.1) is 23.7 Å². The average molecular weight is 641 g/mol. The third-order valence-corrected chi connectivity index (χ3v) is 12.6.